The number of hydrogen-bond acceptors (Lipinski definition) is 5. The van der Waals surface area contributed by atoms with Crippen molar-refractivity contribution in [3.63, 3.8) is 0 Å². The van der Waals surface area contributed by atoms with E-state index in [-0.39, 0.29) is 5.95 Å². The van der Waals surface area contributed by atoms with Crippen molar-refractivity contribution in [1.29, 1.82) is 0 Å². The van der Waals surface area contributed by atoms with Gasteiger partial charge in [-0.2, -0.15) is 4.98 Å². The summed E-state index contributed by atoms with van der Waals surface area (Å²) in [5, 5.41) is 3.51. The zero-order valence-corrected chi connectivity index (χ0v) is 14.6. The van der Waals surface area contributed by atoms with Gasteiger partial charge in [-0.05, 0) is 35.7 Å². The van der Waals surface area contributed by atoms with Crippen LogP contribution in [0.2, 0.25) is 5.15 Å². The van der Waals surface area contributed by atoms with E-state index < -0.39 is 0 Å². The first kappa shape index (κ1) is 17.0. The van der Waals surface area contributed by atoms with E-state index in [1.54, 1.807) is 6.07 Å². The first-order valence-electron chi connectivity index (χ1n) is 8.00. The Hall–Kier alpha value is -2.79. The number of benzene rings is 2. The molecule has 0 saturated carbocycles. The van der Waals surface area contributed by atoms with Crippen LogP contribution >= 0.6 is 11.6 Å². The van der Waals surface area contributed by atoms with E-state index in [0.717, 1.165) is 22.4 Å². The van der Waals surface area contributed by atoms with Gasteiger partial charge in [0.1, 0.15) is 16.7 Å². The molecule has 3 N–H and O–H groups in total. The van der Waals surface area contributed by atoms with Gasteiger partial charge >= 0.3 is 0 Å². The van der Waals surface area contributed by atoms with Crippen LogP contribution in [0.15, 0.2) is 54.6 Å². The quantitative estimate of drug-likeness (QED) is 0.642. The average molecular weight is 355 g/mol. The summed E-state index contributed by atoms with van der Waals surface area (Å²) in [6.45, 7) is 3.27. The predicted molar refractivity (Wildman–Crippen MR) is 102 cm³/mol. The molecule has 2 aromatic carbocycles. The van der Waals surface area contributed by atoms with Crippen LogP contribution < -0.4 is 15.8 Å². The van der Waals surface area contributed by atoms with Crippen molar-refractivity contribution in [2.75, 3.05) is 17.7 Å². The Labute approximate surface area is 151 Å². The van der Waals surface area contributed by atoms with Crippen LogP contribution in [-0.2, 0) is 6.54 Å². The third kappa shape index (κ3) is 4.61. The number of aromatic nitrogens is 2. The summed E-state index contributed by atoms with van der Waals surface area (Å²) in [5.74, 6) is 1.64. The molecule has 0 saturated heterocycles. The van der Waals surface area contributed by atoms with Crippen molar-refractivity contribution < 1.29 is 4.74 Å². The van der Waals surface area contributed by atoms with E-state index in [4.69, 9.17) is 22.1 Å². The molecule has 0 unspecified atom stereocenters. The summed E-state index contributed by atoms with van der Waals surface area (Å²) in [4.78, 5) is 7.93. The second-order valence-corrected chi connectivity index (χ2v) is 5.83. The lowest BCUT2D eigenvalue weighted by molar-refractivity contribution is 0.340. The first-order valence-corrected chi connectivity index (χ1v) is 8.38. The van der Waals surface area contributed by atoms with Gasteiger partial charge in [0.25, 0.3) is 0 Å². The van der Waals surface area contributed by atoms with Crippen molar-refractivity contribution in [1.82, 2.24) is 9.97 Å². The molecule has 1 heterocycles. The van der Waals surface area contributed by atoms with Gasteiger partial charge in [0.05, 0.1) is 6.61 Å². The Balaban J connectivity index is 1.65. The molecule has 0 atom stereocenters. The summed E-state index contributed by atoms with van der Waals surface area (Å²) >= 11 is 5.87. The van der Waals surface area contributed by atoms with Gasteiger partial charge in [-0.1, -0.05) is 48.0 Å². The molecule has 0 aliphatic rings. The van der Waals surface area contributed by atoms with Crippen molar-refractivity contribution >= 4 is 23.4 Å². The Bertz CT molecular complexity index is 815. The molecular weight excluding hydrogens is 336 g/mol. The van der Waals surface area contributed by atoms with Gasteiger partial charge in [0.2, 0.25) is 5.95 Å². The monoisotopic (exact) mass is 354 g/mol. The molecule has 0 amide bonds. The Kier molecular flexibility index (Phi) is 5.36. The number of nitrogens with one attached hydrogen (secondary N) is 1. The summed E-state index contributed by atoms with van der Waals surface area (Å²) < 4.78 is 5.47. The molecule has 0 spiro atoms. The Morgan fingerprint density at radius 3 is 2.24 bits per heavy atom. The molecule has 0 aliphatic heterocycles. The summed E-state index contributed by atoms with van der Waals surface area (Å²) in [6, 6.07) is 18.1. The van der Waals surface area contributed by atoms with E-state index >= 15 is 0 Å². The number of nitrogen functional groups attached to an aromatic ring is 1. The smallest absolute Gasteiger partial charge is 0.223 e. The second kappa shape index (κ2) is 7.85. The standard InChI is InChI=1S/C19H19ClN4O/c1-2-25-16-9-7-15(8-10-16)14-5-3-13(4-6-14)12-22-18-11-17(20)23-19(21)24-18/h3-11H,2,12H2,1H3,(H3,21,22,23,24). The van der Waals surface area contributed by atoms with Gasteiger partial charge in [-0.3, -0.25) is 0 Å². The van der Waals surface area contributed by atoms with E-state index in [1.807, 2.05) is 19.1 Å². The SMILES string of the molecule is CCOc1ccc(-c2ccc(CNc3cc(Cl)nc(N)n3)cc2)cc1. The molecule has 0 fully saturated rings. The number of nitrogens with zero attached hydrogens (tertiary/aromatic N) is 2. The largest absolute Gasteiger partial charge is 0.494 e. The van der Waals surface area contributed by atoms with Gasteiger partial charge in [0.15, 0.2) is 0 Å². The van der Waals surface area contributed by atoms with E-state index in [0.29, 0.717) is 24.1 Å². The second-order valence-electron chi connectivity index (χ2n) is 5.44. The molecule has 3 aromatic rings. The van der Waals surface area contributed by atoms with Crippen LogP contribution in [0.25, 0.3) is 11.1 Å². The molecule has 0 radical (unpaired) electrons. The highest BCUT2D eigenvalue weighted by Crippen LogP contribution is 2.23. The highest BCUT2D eigenvalue weighted by molar-refractivity contribution is 6.29. The minimum Gasteiger partial charge on any atom is -0.494 e. The summed E-state index contributed by atoms with van der Waals surface area (Å²) in [6.07, 6.45) is 0. The molecule has 25 heavy (non-hydrogen) atoms. The van der Waals surface area contributed by atoms with Crippen molar-refractivity contribution in [3.05, 3.63) is 65.3 Å². The van der Waals surface area contributed by atoms with Crippen LogP contribution in [0.3, 0.4) is 0 Å². The Morgan fingerprint density at radius 1 is 1.00 bits per heavy atom. The lowest BCUT2D eigenvalue weighted by Gasteiger charge is -2.08. The van der Waals surface area contributed by atoms with Crippen molar-refractivity contribution in [2.45, 2.75) is 13.5 Å². The molecular formula is C19H19ClN4O. The van der Waals surface area contributed by atoms with Crippen molar-refractivity contribution in [2.24, 2.45) is 0 Å². The molecule has 0 bridgehead atoms. The van der Waals surface area contributed by atoms with Crippen LogP contribution in [0, 0.1) is 0 Å². The predicted octanol–water partition coefficient (Wildman–Crippen LogP) is 4.39. The highest BCUT2D eigenvalue weighted by Gasteiger charge is 2.02. The minimum atomic E-state index is 0.154. The average Bonchev–Trinajstić information content (AvgIpc) is 2.61. The fourth-order valence-corrected chi connectivity index (χ4v) is 2.63. The minimum absolute atomic E-state index is 0.154. The van der Waals surface area contributed by atoms with Gasteiger partial charge in [0, 0.05) is 12.6 Å². The lowest BCUT2D eigenvalue weighted by Crippen LogP contribution is -2.04. The van der Waals surface area contributed by atoms with Gasteiger partial charge < -0.3 is 15.8 Å². The molecule has 3 rings (SSSR count). The van der Waals surface area contributed by atoms with E-state index in [1.165, 1.54) is 0 Å². The fourth-order valence-electron chi connectivity index (χ4n) is 2.44. The third-order valence-electron chi connectivity index (χ3n) is 3.64. The fraction of sp³-hybridized carbons (Fsp3) is 0.158. The molecule has 128 valence electrons. The molecule has 5 nitrogen and oxygen atoms in total. The van der Waals surface area contributed by atoms with Crippen LogP contribution in [0.5, 0.6) is 5.75 Å². The number of ether oxygens (including phenoxy) is 1. The third-order valence-corrected chi connectivity index (χ3v) is 3.83. The molecule has 1 aromatic heterocycles. The number of anilines is 2. The first-order chi connectivity index (χ1) is 12.1. The zero-order chi connectivity index (χ0) is 17.6. The maximum absolute atomic E-state index is 5.87. The lowest BCUT2D eigenvalue weighted by atomic mass is 10.0. The number of nitrogens with two attached hydrogens (primary N) is 1. The van der Waals surface area contributed by atoms with Crippen molar-refractivity contribution in [3.8, 4) is 16.9 Å². The maximum atomic E-state index is 5.87. The number of hydrogen-bond donors (Lipinski definition) is 2. The molecule has 0 aliphatic carbocycles. The normalized spacial score (nSPS) is 10.5. The van der Waals surface area contributed by atoms with Crippen LogP contribution in [0.4, 0.5) is 11.8 Å². The maximum Gasteiger partial charge on any atom is 0.223 e. The number of rotatable bonds is 6. The summed E-state index contributed by atoms with van der Waals surface area (Å²) in [7, 11) is 0. The van der Waals surface area contributed by atoms with Crippen LogP contribution in [0.1, 0.15) is 12.5 Å². The highest BCUT2D eigenvalue weighted by atomic mass is 35.5. The zero-order valence-electron chi connectivity index (χ0n) is 13.9. The number of halogens is 1. The van der Waals surface area contributed by atoms with Gasteiger partial charge in [-0.15, -0.1) is 0 Å². The van der Waals surface area contributed by atoms with E-state index in [2.05, 4.69) is 51.7 Å². The van der Waals surface area contributed by atoms with Crippen LogP contribution in [-0.4, -0.2) is 16.6 Å². The topological polar surface area (TPSA) is 73.1 Å². The van der Waals surface area contributed by atoms with Gasteiger partial charge in [-0.25, -0.2) is 4.98 Å². The summed E-state index contributed by atoms with van der Waals surface area (Å²) in [5.41, 5.74) is 9.02. The Morgan fingerprint density at radius 2 is 1.64 bits per heavy atom. The molecule has 6 heteroatoms. The van der Waals surface area contributed by atoms with E-state index in [9.17, 15) is 0 Å².